The fraction of sp³-hybridized carbons (Fsp3) is 0.333. The van der Waals surface area contributed by atoms with Gasteiger partial charge in [0.2, 0.25) is 0 Å². The number of hydrogen-bond donors (Lipinski definition) is 1. The van der Waals surface area contributed by atoms with E-state index < -0.39 is 0 Å². The molecular formula is C18H17Cl2N3O3S. The van der Waals surface area contributed by atoms with Gasteiger partial charge in [0.1, 0.15) is 18.1 Å². The van der Waals surface area contributed by atoms with Crippen molar-refractivity contribution in [1.29, 1.82) is 0 Å². The van der Waals surface area contributed by atoms with Crippen molar-refractivity contribution in [2.75, 3.05) is 6.61 Å². The van der Waals surface area contributed by atoms with Crippen LogP contribution < -0.4 is 4.74 Å². The summed E-state index contributed by atoms with van der Waals surface area (Å²) in [5.74, 6) is 2.45. The fourth-order valence-corrected chi connectivity index (χ4v) is 3.65. The predicted molar refractivity (Wildman–Crippen MR) is 105 cm³/mol. The van der Waals surface area contributed by atoms with Gasteiger partial charge in [0, 0.05) is 11.6 Å². The lowest BCUT2D eigenvalue weighted by Gasteiger charge is -2.11. The Bertz CT molecular complexity index is 992. The number of rotatable bonds is 6. The lowest BCUT2D eigenvalue weighted by atomic mass is 10.2. The SMILES string of the molecule is S=c1[nH]nc(-c2ccc(COc3ccc(Cl)cc3Cl)o2)n1C[C@H]1CCCO1. The van der Waals surface area contributed by atoms with E-state index >= 15 is 0 Å². The molecule has 142 valence electrons. The molecule has 1 aliphatic rings. The molecule has 1 aromatic carbocycles. The molecule has 3 heterocycles. The van der Waals surface area contributed by atoms with Crippen LogP contribution in [0.3, 0.4) is 0 Å². The summed E-state index contributed by atoms with van der Waals surface area (Å²) in [5.41, 5.74) is 0. The normalized spacial score (nSPS) is 16.7. The molecule has 1 N–H and O–H groups in total. The molecular weight excluding hydrogens is 409 g/mol. The first kappa shape index (κ1) is 18.6. The third-order valence-electron chi connectivity index (χ3n) is 4.31. The van der Waals surface area contributed by atoms with E-state index in [-0.39, 0.29) is 12.7 Å². The van der Waals surface area contributed by atoms with Crippen LogP contribution in [-0.2, 0) is 17.9 Å². The van der Waals surface area contributed by atoms with E-state index in [0.29, 0.717) is 44.5 Å². The van der Waals surface area contributed by atoms with Gasteiger partial charge >= 0.3 is 0 Å². The zero-order chi connectivity index (χ0) is 18.8. The highest BCUT2D eigenvalue weighted by atomic mass is 35.5. The summed E-state index contributed by atoms with van der Waals surface area (Å²) in [6, 6.07) is 8.77. The Morgan fingerprint density at radius 3 is 2.96 bits per heavy atom. The van der Waals surface area contributed by atoms with Crippen LogP contribution in [0, 0.1) is 4.77 Å². The van der Waals surface area contributed by atoms with Gasteiger partial charge in [0.05, 0.1) is 17.7 Å². The quantitative estimate of drug-likeness (QED) is 0.545. The van der Waals surface area contributed by atoms with Crippen molar-refractivity contribution in [3.63, 3.8) is 0 Å². The van der Waals surface area contributed by atoms with E-state index in [4.69, 9.17) is 49.3 Å². The molecule has 0 aliphatic carbocycles. The zero-order valence-corrected chi connectivity index (χ0v) is 16.6. The number of ether oxygens (including phenoxy) is 2. The molecule has 0 spiro atoms. The monoisotopic (exact) mass is 425 g/mol. The van der Waals surface area contributed by atoms with Crippen molar-refractivity contribution in [1.82, 2.24) is 14.8 Å². The van der Waals surface area contributed by atoms with Gasteiger partial charge in [0.25, 0.3) is 0 Å². The van der Waals surface area contributed by atoms with Crippen molar-refractivity contribution in [3.8, 4) is 17.3 Å². The topological polar surface area (TPSA) is 65.2 Å². The van der Waals surface area contributed by atoms with Crippen LogP contribution in [0.5, 0.6) is 5.75 Å². The van der Waals surface area contributed by atoms with Gasteiger partial charge in [0.15, 0.2) is 16.4 Å². The average molecular weight is 426 g/mol. The number of aromatic amines is 1. The number of H-pyrrole nitrogens is 1. The van der Waals surface area contributed by atoms with E-state index in [1.807, 2.05) is 16.7 Å². The summed E-state index contributed by atoms with van der Waals surface area (Å²) in [6.45, 7) is 1.68. The van der Waals surface area contributed by atoms with Crippen LogP contribution in [0.2, 0.25) is 10.0 Å². The third kappa shape index (κ3) is 4.21. The van der Waals surface area contributed by atoms with Crippen LogP contribution in [0.25, 0.3) is 11.6 Å². The second-order valence-corrected chi connectivity index (χ2v) is 7.46. The minimum Gasteiger partial charge on any atom is -0.484 e. The summed E-state index contributed by atoms with van der Waals surface area (Å²) >= 11 is 17.4. The van der Waals surface area contributed by atoms with E-state index in [2.05, 4.69) is 10.2 Å². The molecule has 6 nitrogen and oxygen atoms in total. The number of hydrogen-bond acceptors (Lipinski definition) is 5. The molecule has 9 heteroatoms. The standard InChI is InChI=1S/C18H17Cl2N3O3S/c19-11-3-5-15(14(20)8-11)25-10-13-4-6-16(26-13)17-21-22-18(27)23(17)9-12-2-1-7-24-12/h3-6,8,12H,1-2,7,9-10H2,(H,22,27)/t12-/m1/s1. The van der Waals surface area contributed by atoms with Crippen LogP contribution in [0.4, 0.5) is 0 Å². The lowest BCUT2D eigenvalue weighted by Crippen LogP contribution is -2.15. The Morgan fingerprint density at radius 2 is 2.19 bits per heavy atom. The Kier molecular flexibility index (Phi) is 5.54. The average Bonchev–Trinajstić information content (AvgIpc) is 3.37. The van der Waals surface area contributed by atoms with Gasteiger partial charge < -0.3 is 13.9 Å². The number of benzene rings is 1. The highest BCUT2D eigenvalue weighted by Gasteiger charge is 2.20. The molecule has 1 aliphatic heterocycles. The van der Waals surface area contributed by atoms with Gasteiger partial charge in [-0.15, -0.1) is 0 Å². The number of nitrogens with zero attached hydrogens (tertiary/aromatic N) is 2. The lowest BCUT2D eigenvalue weighted by molar-refractivity contribution is 0.0969. The summed E-state index contributed by atoms with van der Waals surface area (Å²) in [4.78, 5) is 0. The molecule has 3 aromatic rings. The number of nitrogens with one attached hydrogen (secondary N) is 1. The summed E-state index contributed by atoms with van der Waals surface area (Å²) < 4.78 is 19.8. The van der Waals surface area contributed by atoms with E-state index in [1.54, 1.807) is 18.2 Å². The molecule has 0 bridgehead atoms. The van der Waals surface area contributed by atoms with Crippen molar-refractivity contribution in [2.24, 2.45) is 0 Å². The summed E-state index contributed by atoms with van der Waals surface area (Å²) in [5, 5.41) is 8.14. The van der Waals surface area contributed by atoms with Crippen LogP contribution >= 0.6 is 35.4 Å². The second kappa shape index (κ2) is 8.06. The first-order valence-electron chi connectivity index (χ1n) is 8.54. The number of aromatic nitrogens is 3. The molecule has 4 rings (SSSR count). The molecule has 2 aromatic heterocycles. The molecule has 0 unspecified atom stereocenters. The molecule has 0 amide bonds. The molecule has 1 atom stereocenters. The minimum atomic E-state index is 0.151. The van der Waals surface area contributed by atoms with Crippen molar-refractivity contribution < 1.29 is 13.9 Å². The second-order valence-electron chi connectivity index (χ2n) is 6.23. The largest absolute Gasteiger partial charge is 0.484 e. The first-order chi connectivity index (χ1) is 13.1. The van der Waals surface area contributed by atoms with Crippen LogP contribution in [-0.4, -0.2) is 27.5 Å². The molecule has 1 fully saturated rings. The van der Waals surface area contributed by atoms with Gasteiger partial charge in [-0.3, -0.25) is 9.67 Å². The maximum atomic E-state index is 6.12. The molecule has 1 saturated heterocycles. The summed E-state index contributed by atoms with van der Waals surface area (Å²) in [6.07, 6.45) is 2.24. The van der Waals surface area contributed by atoms with Crippen molar-refractivity contribution >= 4 is 35.4 Å². The Balaban J connectivity index is 1.48. The molecule has 0 saturated carbocycles. The Labute approximate surface area is 171 Å². The van der Waals surface area contributed by atoms with Gasteiger partial charge in [-0.05, 0) is 55.4 Å². The van der Waals surface area contributed by atoms with Gasteiger partial charge in [-0.2, -0.15) is 5.10 Å². The maximum absolute atomic E-state index is 6.12. The first-order valence-corrected chi connectivity index (χ1v) is 9.70. The fourth-order valence-electron chi connectivity index (χ4n) is 2.98. The summed E-state index contributed by atoms with van der Waals surface area (Å²) in [7, 11) is 0. The Morgan fingerprint density at radius 1 is 1.30 bits per heavy atom. The third-order valence-corrected chi connectivity index (χ3v) is 5.16. The zero-order valence-electron chi connectivity index (χ0n) is 14.3. The van der Waals surface area contributed by atoms with E-state index in [9.17, 15) is 0 Å². The molecule has 0 radical (unpaired) electrons. The van der Waals surface area contributed by atoms with E-state index in [1.165, 1.54) is 0 Å². The highest BCUT2D eigenvalue weighted by molar-refractivity contribution is 7.71. The highest BCUT2D eigenvalue weighted by Crippen LogP contribution is 2.29. The van der Waals surface area contributed by atoms with Crippen molar-refractivity contribution in [2.45, 2.75) is 32.1 Å². The van der Waals surface area contributed by atoms with Crippen molar-refractivity contribution in [3.05, 3.63) is 50.9 Å². The van der Waals surface area contributed by atoms with Gasteiger partial charge in [-0.1, -0.05) is 23.2 Å². The van der Waals surface area contributed by atoms with E-state index in [0.717, 1.165) is 19.4 Å². The van der Waals surface area contributed by atoms with Gasteiger partial charge in [-0.25, -0.2) is 0 Å². The molecule has 27 heavy (non-hydrogen) atoms. The maximum Gasteiger partial charge on any atom is 0.198 e. The minimum absolute atomic E-state index is 0.151. The van der Waals surface area contributed by atoms with Crippen LogP contribution in [0.15, 0.2) is 34.7 Å². The predicted octanol–water partition coefficient (Wildman–Crippen LogP) is 5.27. The Hall–Kier alpha value is -1.80. The van der Waals surface area contributed by atoms with Crippen LogP contribution in [0.1, 0.15) is 18.6 Å². The number of furan rings is 1. The number of halogens is 2. The smallest absolute Gasteiger partial charge is 0.198 e.